The van der Waals surface area contributed by atoms with E-state index in [-0.39, 0.29) is 23.1 Å². The van der Waals surface area contributed by atoms with Crippen molar-refractivity contribution >= 4 is 51.8 Å². The number of ether oxygens (including phenoxy) is 1. The maximum absolute atomic E-state index is 13.1. The third-order valence-electron chi connectivity index (χ3n) is 4.80. The molecule has 3 aromatic rings. The van der Waals surface area contributed by atoms with Crippen LogP contribution in [0.25, 0.3) is 10.9 Å². The average molecular weight is 474 g/mol. The average Bonchev–Trinajstić information content (AvgIpc) is 2.78. The summed E-state index contributed by atoms with van der Waals surface area (Å²) in [7, 11) is 2.89. The second-order valence-electron chi connectivity index (χ2n) is 7.62. The topological polar surface area (TPSA) is 81.5 Å². The molecule has 0 radical (unpaired) electrons. The van der Waals surface area contributed by atoms with Crippen molar-refractivity contribution < 1.29 is 14.3 Å². The van der Waals surface area contributed by atoms with Crippen LogP contribution in [0.5, 0.6) is 0 Å². The predicted molar refractivity (Wildman–Crippen MR) is 128 cm³/mol. The van der Waals surface area contributed by atoms with Crippen LogP contribution < -0.4 is 10.5 Å². The van der Waals surface area contributed by atoms with Gasteiger partial charge < -0.3 is 9.64 Å². The lowest BCUT2D eigenvalue weighted by atomic mass is 10.1. The highest BCUT2D eigenvalue weighted by Gasteiger charge is 2.20. The molecule has 1 heterocycles. The Bertz CT molecular complexity index is 1230. The summed E-state index contributed by atoms with van der Waals surface area (Å²) in [4.78, 5) is 44.1. The van der Waals surface area contributed by atoms with Crippen molar-refractivity contribution in [1.82, 2.24) is 9.55 Å². The zero-order valence-electron chi connectivity index (χ0n) is 18.3. The van der Waals surface area contributed by atoms with Crippen LogP contribution in [0.2, 0.25) is 5.02 Å². The minimum atomic E-state index is -0.520. The molecule has 0 fully saturated rings. The number of amides is 1. The molecule has 1 aromatic heterocycles. The number of halogens is 1. The molecule has 3 rings (SSSR count). The Morgan fingerprint density at radius 1 is 1.22 bits per heavy atom. The monoisotopic (exact) mass is 473 g/mol. The third kappa shape index (κ3) is 5.14. The minimum absolute atomic E-state index is 0.0373. The highest BCUT2D eigenvalue weighted by atomic mass is 35.5. The molecule has 0 spiro atoms. The zero-order valence-corrected chi connectivity index (χ0v) is 19.9. The third-order valence-corrected chi connectivity index (χ3v) is 5.99. The second kappa shape index (κ2) is 10.2. The van der Waals surface area contributed by atoms with E-state index in [1.165, 1.54) is 23.8 Å². The van der Waals surface area contributed by atoms with Gasteiger partial charge in [-0.3, -0.25) is 14.2 Å². The number of rotatable bonds is 7. The number of carbonyl (C=O) groups is 2. The molecular weight excluding hydrogens is 450 g/mol. The van der Waals surface area contributed by atoms with Gasteiger partial charge in [-0.25, -0.2) is 9.78 Å². The first kappa shape index (κ1) is 23.8. The van der Waals surface area contributed by atoms with Crippen LogP contribution in [0.1, 0.15) is 24.2 Å². The van der Waals surface area contributed by atoms with Crippen LogP contribution in [0.3, 0.4) is 0 Å². The normalized spacial score (nSPS) is 11.1. The smallest absolute Gasteiger partial charge is 0.339 e. The van der Waals surface area contributed by atoms with Crippen LogP contribution in [0.15, 0.2) is 52.4 Å². The van der Waals surface area contributed by atoms with Crippen LogP contribution in [0, 0.1) is 5.92 Å². The van der Waals surface area contributed by atoms with Crippen molar-refractivity contribution in [3.63, 3.8) is 0 Å². The molecule has 0 saturated heterocycles. The molecule has 7 nitrogen and oxygen atoms in total. The number of hydrogen-bond donors (Lipinski definition) is 0. The lowest BCUT2D eigenvalue weighted by Crippen LogP contribution is -2.30. The number of benzene rings is 2. The van der Waals surface area contributed by atoms with Crippen LogP contribution in [-0.2, 0) is 16.1 Å². The van der Waals surface area contributed by atoms with E-state index in [0.29, 0.717) is 38.9 Å². The Morgan fingerprint density at radius 2 is 1.94 bits per heavy atom. The highest BCUT2D eigenvalue weighted by Crippen LogP contribution is 2.24. The Hall–Kier alpha value is -2.84. The zero-order chi connectivity index (χ0) is 23.4. The van der Waals surface area contributed by atoms with Crippen molar-refractivity contribution in [2.24, 2.45) is 5.92 Å². The molecule has 0 aliphatic carbocycles. The number of methoxy groups -OCH3 is 1. The van der Waals surface area contributed by atoms with E-state index in [4.69, 9.17) is 16.3 Å². The van der Waals surface area contributed by atoms with E-state index in [0.717, 1.165) is 0 Å². The first-order chi connectivity index (χ1) is 15.2. The van der Waals surface area contributed by atoms with Gasteiger partial charge in [0, 0.05) is 18.6 Å². The first-order valence-electron chi connectivity index (χ1n) is 9.99. The van der Waals surface area contributed by atoms with Crippen molar-refractivity contribution in [2.75, 3.05) is 24.8 Å². The minimum Gasteiger partial charge on any atom is -0.465 e. The van der Waals surface area contributed by atoms with E-state index in [9.17, 15) is 14.4 Å². The second-order valence-corrected chi connectivity index (χ2v) is 8.99. The Balaban J connectivity index is 1.90. The number of para-hydroxylation sites is 1. The summed E-state index contributed by atoms with van der Waals surface area (Å²) in [5, 5.41) is 1.37. The fourth-order valence-electron chi connectivity index (χ4n) is 3.22. The number of hydrogen-bond acceptors (Lipinski definition) is 6. The molecule has 0 saturated carbocycles. The number of anilines is 1. The van der Waals surface area contributed by atoms with Crippen LogP contribution in [0.4, 0.5) is 5.69 Å². The van der Waals surface area contributed by atoms with Gasteiger partial charge in [-0.15, -0.1) is 0 Å². The molecule has 168 valence electrons. The van der Waals surface area contributed by atoms with Gasteiger partial charge >= 0.3 is 5.97 Å². The van der Waals surface area contributed by atoms with Gasteiger partial charge in [-0.05, 0) is 36.2 Å². The number of carbonyl (C=O) groups excluding carboxylic acids is 2. The number of thioether (sulfide) groups is 1. The Labute approximate surface area is 195 Å². The van der Waals surface area contributed by atoms with Gasteiger partial charge in [0.05, 0.1) is 35.0 Å². The molecule has 9 heteroatoms. The van der Waals surface area contributed by atoms with E-state index in [1.54, 1.807) is 54.1 Å². The summed E-state index contributed by atoms with van der Waals surface area (Å²) < 4.78 is 6.40. The number of fused-ring (bicyclic) bond motifs is 1. The number of nitrogens with zero attached hydrogens (tertiary/aromatic N) is 3. The molecule has 0 bridgehead atoms. The van der Waals surface area contributed by atoms with Gasteiger partial charge in [0.15, 0.2) is 5.16 Å². The van der Waals surface area contributed by atoms with Crippen LogP contribution in [-0.4, -0.2) is 41.3 Å². The SMILES string of the molecule is COC(=O)c1ccccc1N(C)C(=O)CSc1nc2ccc(Cl)cc2c(=O)n1CC(C)C. The molecule has 0 aliphatic rings. The van der Waals surface area contributed by atoms with E-state index in [2.05, 4.69) is 4.98 Å². The van der Waals surface area contributed by atoms with Gasteiger partial charge in [0.2, 0.25) is 5.91 Å². The van der Waals surface area contributed by atoms with Crippen molar-refractivity contribution in [3.05, 3.63) is 63.4 Å². The fraction of sp³-hybridized carbons (Fsp3) is 0.304. The van der Waals surface area contributed by atoms with Gasteiger partial charge in [0.1, 0.15) is 0 Å². The predicted octanol–water partition coefficient (Wildman–Crippen LogP) is 4.25. The summed E-state index contributed by atoms with van der Waals surface area (Å²) in [5.41, 5.74) is 1.09. The van der Waals surface area contributed by atoms with Gasteiger partial charge in [-0.1, -0.05) is 49.3 Å². The Kier molecular flexibility index (Phi) is 7.58. The van der Waals surface area contributed by atoms with Crippen molar-refractivity contribution in [2.45, 2.75) is 25.5 Å². The first-order valence-corrected chi connectivity index (χ1v) is 11.4. The van der Waals surface area contributed by atoms with E-state index < -0.39 is 5.97 Å². The van der Waals surface area contributed by atoms with Crippen molar-refractivity contribution in [1.29, 1.82) is 0 Å². The van der Waals surface area contributed by atoms with E-state index >= 15 is 0 Å². The number of esters is 1. The summed E-state index contributed by atoms with van der Waals surface area (Å²) >= 11 is 7.25. The quantitative estimate of drug-likeness (QED) is 0.290. The maximum atomic E-state index is 13.1. The molecule has 0 unspecified atom stereocenters. The maximum Gasteiger partial charge on any atom is 0.339 e. The summed E-state index contributed by atoms with van der Waals surface area (Å²) in [5.74, 6) is -0.521. The lowest BCUT2D eigenvalue weighted by Gasteiger charge is -2.20. The summed E-state index contributed by atoms with van der Waals surface area (Å²) in [6.45, 7) is 4.48. The molecule has 2 aromatic carbocycles. The van der Waals surface area contributed by atoms with Crippen molar-refractivity contribution in [3.8, 4) is 0 Å². The van der Waals surface area contributed by atoms with E-state index in [1.807, 2.05) is 13.8 Å². The summed E-state index contributed by atoms with van der Waals surface area (Å²) in [6, 6.07) is 11.7. The molecule has 0 atom stereocenters. The highest BCUT2D eigenvalue weighted by molar-refractivity contribution is 7.99. The lowest BCUT2D eigenvalue weighted by molar-refractivity contribution is -0.115. The molecular formula is C23H24ClN3O4S. The largest absolute Gasteiger partial charge is 0.465 e. The van der Waals surface area contributed by atoms with Crippen LogP contribution >= 0.6 is 23.4 Å². The standard InChI is InChI=1S/C23H24ClN3O4S/c1-14(2)12-27-21(29)17-11-15(24)9-10-18(17)25-23(27)32-13-20(28)26(3)19-8-6-5-7-16(19)22(30)31-4/h5-11,14H,12-13H2,1-4H3. The fourth-order valence-corrected chi connectivity index (χ4v) is 4.31. The van der Waals surface area contributed by atoms with Gasteiger partial charge in [0.25, 0.3) is 5.56 Å². The Morgan fingerprint density at radius 3 is 2.62 bits per heavy atom. The summed E-state index contributed by atoms with van der Waals surface area (Å²) in [6.07, 6.45) is 0. The molecule has 0 aliphatic heterocycles. The molecule has 32 heavy (non-hydrogen) atoms. The molecule has 1 amide bonds. The molecule has 0 N–H and O–H groups in total. The van der Waals surface area contributed by atoms with Gasteiger partial charge in [-0.2, -0.15) is 0 Å². The number of aromatic nitrogens is 2.